The van der Waals surface area contributed by atoms with Gasteiger partial charge in [0, 0.05) is 13.6 Å². The highest BCUT2D eigenvalue weighted by molar-refractivity contribution is 7.89. The Labute approximate surface area is 145 Å². The van der Waals surface area contributed by atoms with Gasteiger partial charge in [-0.3, -0.25) is 9.59 Å². The highest BCUT2D eigenvalue weighted by Gasteiger charge is 2.35. The van der Waals surface area contributed by atoms with Crippen LogP contribution in [0.5, 0.6) is 0 Å². The molecule has 0 unspecified atom stereocenters. The van der Waals surface area contributed by atoms with E-state index in [4.69, 9.17) is 4.74 Å². The second kappa shape index (κ2) is 7.89. The number of sulfonamides is 1. The molecule has 1 aliphatic rings. The number of carbonyl (C=O) groups is 2. The number of carbonyl (C=O) groups excluding carboxylic acids is 2. The number of halogens is 1. The lowest BCUT2D eigenvalue weighted by Gasteiger charge is -2.34. The van der Waals surface area contributed by atoms with Crippen molar-refractivity contribution in [1.29, 1.82) is 0 Å². The van der Waals surface area contributed by atoms with Crippen molar-refractivity contribution in [1.82, 2.24) is 14.9 Å². The number of benzene rings is 1. The maximum atomic E-state index is 13.3. The SMILES string of the molecule is CNC(=O)C(=O)NC[C@@H]1OCCCN1S(=O)(=O)c1ccc(F)cc1C. The maximum Gasteiger partial charge on any atom is 0.309 e. The van der Waals surface area contributed by atoms with Crippen molar-refractivity contribution in [2.75, 3.05) is 26.7 Å². The van der Waals surface area contributed by atoms with Crippen LogP contribution < -0.4 is 10.6 Å². The number of likely N-dealkylation sites (N-methyl/N-ethyl adjacent to an activating group) is 1. The topological polar surface area (TPSA) is 105 Å². The van der Waals surface area contributed by atoms with Crippen LogP contribution in [0.15, 0.2) is 23.1 Å². The first-order chi connectivity index (χ1) is 11.8. The number of nitrogens with one attached hydrogen (secondary N) is 2. The van der Waals surface area contributed by atoms with E-state index in [1.54, 1.807) is 0 Å². The summed E-state index contributed by atoms with van der Waals surface area (Å²) in [5, 5.41) is 4.51. The normalized spacial score (nSPS) is 18.6. The molecule has 1 aliphatic heterocycles. The Hall–Kier alpha value is -2.04. The third-order valence-electron chi connectivity index (χ3n) is 3.75. The van der Waals surface area contributed by atoms with Crippen LogP contribution in [0.4, 0.5) is 4.39 Å². The molecule has 1 atom stereocenters. The fourth-order valence-corrected chi connectivity index (χ4v) is 4.28. The molecule has 1 heterocycles. The molecule has 138 valence electrons. The van der Waals surface area contributed by atoms with Gasteiger partial charge >= 0.3 is 11.8 Å². The summed E-state index contributed by atoms with van der Waals surface area (Å²) in [5.41, 5.74) is 0.277. The zero-order valence-corrected chi connectivity index (χ0v) is 14.7. The van der Waals surface area contributed by atoms with Gasteiger partial charge in [0.25, 0.3) is 0 Å². The van der Waals surface area contributed by atoms with Crippen molar-refractivity contribution in [3.05, 3.63) is 29.6 Å². The van der Waals surface area contributed by atoms with Crippen LogP contribution in [-0.4, -0.2) is 57.5 Å². The summed E-state index contributed by atoms with van der Waals surface area (Å²) in [6.07, 6.45) is -0.462. The van der Waals surface area contributed by atoms with Crippen molar-refractivity contribution in [3.63, 3.8) is 0 Å². The van der Waals surface area contributed by atoms with E-state index >= 15 is 0 Å². The van der Waals surface area contributed by atoms with E-state index < -0.39 is 33.9 Å². The van der Waals surface area contributed by atoms with Crippen LogP contribution in [-0.2, 0) is 24.3 Å². The number of hydrogen-bond acceptors (Lipinski definition) is 5. The quantitative estimate of drug-likeness (QED) is 0.707. The molecule has 0 radical (unpaired) electrons. The Bertz CT molecular complexity index is 768. The average molecular weight is 373 g/mol. The van der Waals surface area contributed by atoms with Crippen molar-refractivity contribution in [2.24, 2.45) is 0 Å². The minimum Gasteiger partial charge on any atom is -0.360 e. The Balaban J connectivity index is 2.21. The molecule has 0 bridgehead atoms. The molecule has 0 aliphatic carbocycles. The molecule has 2 N–H and O–H groups in total. The van der Waals surface area contributed by atoms with Crippen molar-refractivity contribution < 1.29 is 27.1 Å². The largest absolute Gasteiger partial charge is 0.360 e. The molecule has 25 heavy (non-hydrogen) atoms. The lowest BCUT2D eigenvalue weighted by molar-refractivity contribution is -0.139. The van der Waals surface area contributed by atoms with Gasteiger partial charge in [0.1, 0.15) is 12.0 Å². The van der Waals surface area contributed by atoms with Gasteiger partial charge in [0.05, 0.1) is 18.0 Å². The third-order valence-corrected chi connectivity index (χ3v) is 5.80. The van der Waals surface area contributed by atoms with E-state index in [2.05, 4.69) is 10.6 Å². The van der Waals surface area contributed by atoms with Crippen molar-refractivity contribution in [2.45, 2.75) is 24.5 Å². The van der Waals surface area contributed by atoms with E-state index in [1.807, 2.05) is 0 Å². The molecule has 0 saturated carbocycles. The van der Waals surface area contributed by atoms with E-state index in [1.165, 1.54) is 20.0 Å². The predicted molar refractivity (Wildman–Crippen MR) is 86.5 cm³/mol. The molecule has 1 aromatic carbocycles. The molecule has 8 nitrogen and oxygen atoms in total. The summed E-state index contributed by atoms with van der Waals surface area (Å²) in [6, 6.07) is 3.42. The van der Waals surface area contributed by atoms with Crippen LogP contribution in [0.25, 0.3) is 0 Å². The minimum absolute atomic E-state index is 0.0259. The lowest BCUT2D eigenvalue weighted by Crippen LogP contribution is -2.53. The summed E-state index contributed by atoms with van der Waals surface area (Å²) in [4.78, 5) is 22.8. The van der Waals surface area contributed by atoms with Crippen LogP contribution in [0.3, 0.4) is 0 Å². The Morgan fingerprint density at radius 1 is 1.36 bits per heavy atom. The number of ether oxygens (including phenoxy) is 1. The van der Waals surface area contributed by atoms with Gasteiger partial charge in [-0.15, -0.1) is 0 Å². The smallest absolute Gasteiger partial charge is 0.309 e. The molecular formula is C15H20FN3O5S. The summed E-state index contributed by atoms with van der Waals surface area (Å²) >= 11 is 0. The summed E-state index contributed by atoms with van der Waals surface area (Å²) in [6.45, 7) is 1.85. The standard InChI is InChI=1S/C15H20FN3O5S/c1-10-8-11(16)4-5-12(10)25(22,23)19-6-3-7-24-13(19)9-18-15(21)14(20)17-2/h4-5,8,13H,3,6-7,9H2,1-2H3,(H,17,20)(H,18,21)/t13-/m0/s1. The van der Waals surface area contributed by atoms with Gasteiger partial charge in [-0.2, -0.15) is 4.31 Å². The molecule has 1 saturated heterocycles. The number of hydrogen-bond donors (Lipinski definition) is 2. The fraction of sp³-hybridized carbons (Fsp3) is 0.467. The van der Waals surface area contributed by atoms with Crippen LogP contribution >= 0.6 is 0 Å². The van der Waals surface area contributed by atoms with Crippen molar-refractivity contribution in [3.8, 4) is 0 Å². The van der Waals surface area contributed by atoms with Crippen LogP contribution in [0.1, 0.15) is 12.0 Å². The molecular weight excluding hydrogens is 353 g/mol. The number of amides is 2. The fourth-order valence-electron chi connectivity index (χ4n) is 2.50. The summed E-state index contributed by atoms with van der Waals surface area (Å²) < 4.78 is 45.6. The van der Waals surface area contributed by atoms with E-state index in [-0.39, 0.29) is 23.5 Å². The Morgan fingerprint density at radius 2 is 2.08 bits per heavy atom. The third kappa shape index (κ3) is 4.33. The van der Waals surface area contributed by atoms with Crippen molar-refractivity contribution >= 4 is 21.8 Å². The summed E-state index contributed by atoms with van der Waals surface area (Å²) in [7, 11) is -2.63. The zero-order chi connectivity index (χ0) is 18.6. The Kier molecular flexibility index (Phi) is 6.09. The van der Waals surface area contributed by atoms with E-state index in [9.17, 15) is 22.4 Å². The lowest BCUT2D eigenvalue weighted by atomic mass is 10.2. The van der Waals surface area contributed by atoms with Gasteiger partial charge in [0.2, 0.25) is 10.0 Å². The van der Waals surface area contributed by atoms with Gasteiger partial charge < -0.3 is 15.4 Å². The first-order valence-corrected chi connectivity index (χ1v) is 9.11. The van der Waals surface area contributed by atoms with E-state index in [0.717, 1.165) is 16.4 Å². The highest BCUT2D eigenvalue weighted by atomic mass is 32.2. The molecule has 0 spiro atoms. The first-order valence-electron chi connectivity index (χ1n) is 7.67. The molecule has 0 aromatic heterocycles. The van der Waals surface area contributed by atoms with Gasteiger partial charge in [-0.25, -0.2) is 12.8 Å². The number of aryl methyl sites for hydroxylation is 1. The van der Waals surface area contributed by atoms with Gasteiger partial charge in [-0.05, 0) is 37.1 Å². The molecule has 10 heteroatoms. The zero-order valence-electron chi connectivity index (χ0n) is 13.9. The predicted octanol–water partition coefficient (Wildman–Crippen LogP) is -0.267. The van der Waals surface area contributed by atoms with Crippen LogP contribution in [0.2, 0.25) is 0 Å². The summed E-state index contributed by atoms with van der Waals surface area (Å²) in [5.74, 6) is -2.24. The van der Waals surface area contributed by atoms with Crippen LogP contribution in [0, 0.1) is 12.7 Å². The van der Waals surface area contributed by atoms with Gasteiger partial charge in [0.15, 0.2) is 0 Å². The monoisotopic (exact) mass is 373 g/mol. The molecule has 2 amide bonds. The first kappa shape index (κ1) is 19.3. The van der Waals surface area contributed by atoms with Gasteiger partial charge in [-0.1, -0.05) is 0 Å². The maximum absolute atomic E-state index is 13.3. The second-order valence-electron chi connectivity index (χ2n) is 5.49. The number of nitrogens with zero attached hydrogens (tertiary/aromatic N) is 1. The average Bonchev–Trinajstić information content (AvgIpc) is 2.58. The highest BCUT2D eigenvalue weighted by Crippen LogP contribution is 2.25. The minimum atomic E-state index is -3.94. The van der Waals surface area contributed by atoms with E-state index in [0.29, 0.717) is 13.0 Å². The molecule has 2 rings (SSSR count). The molecule has 1 aromatic rings. The Morgan fingerprint density at radius 3 is 2.72 bits per heavy atom. The number of rotatable bonds is 4. The second-order valence-corrected chi connectivity index (χ2v) is 7.35. The molecule has 1 fully saturated rings.